The minimum Gasteiger partial charge on any atom is -0.369 e. The van der Waals surface area contributed by atoms with Crippen LogP contribution in [-0.4, -0.2) is 41.3 Å². The molecule has 0 aliphatic carbocycles. The van der Waals surface area contributed by atoms with Crippen molar-refractivity contribution in [3.63, 3.8) is 0 Å². The molecular formula is C10H17N5O2S. The van der Waals surface area contributed by atoms with Gasteiger partial charge in [0.05, 0.1) is 13.1 Å². The number of nitrogens with zero attached hydrogens (tertiary/aromatic N) is 2. The maximum atomic E-state index is 10.9. The van der Waals surface area contributed by atoms with E-state index >= 15 is 0 Å². The average Bonchev–Trinajstić information content (AvgIpc) is 2.64. The van der Waals surface area contributed by atoms with Gasteiger partial charge in [0.15, 0.2) is 5.13 Å². The average molecular weight is 271 g/mol. The summed E-state index contributed by atoms with van der Waals surface area (Å²) in [6, 6.07) is 0. The first kappa shape index (κ1) is 14.4. The van der Waals surface area contributed by atoms with Crippen LogP contribution in [-0.2, 0) is 16.1 Å². The van der Waals surface area contributed by atoms with Crippen molar-refractivity contribution < 1.29 is 9.59 Å². The number of rotatable bonds is 8. The van der Waals surface area contributed by atoms with Gasteiger partial charge in [0.1, 0.15) is 0 Å². The van der Waals surface area contributed by atoms with Gasteiger partial charge < -0.3 is 16.8 Å². The van der Waals surface area contributed by atoms with Crippen LogP contribution in [0.3, 0.4) is 0 Å². The lowest BCUT2D eigenvalue weighted by Gasteiger charge is -2.17. The van der Waals surface area contributed by atoms with E-state index < -0.39 is 11.8 Å². The van der Waals surface area contributed by atoms with Gasteiger partial charge in [-0.3, -0.25) is 14.5 Å². The number of anilines is 1. The zero-order valence-electron chi connectivity index (χ0n) is 10.2. The molecule has 0 spiro atoms. The first-order valence-corrected chi connectivity index (χ1v) is 6.30. The van der Waals surface area contributed by atoms with E-state index in [1.807, 2.05) is 6.92 Å². The van der Waals surface area contributed by atoms with Crippen LogP contribution in [0, 0.1) is 0 Å². The van der Waals surface area contributed by atoms with Crippen LogP contribution in [0.4, 0.5) is 5.13 Å². The van der Waals surface area contributed by atoms with Crippen LogP contribution in [0.2, 0.25) is 0 Å². The summed E-state index contributed by atoms with van der Waals surface area (Å²) in [5.41, 5.74) is 10.2. The molecule has 0 fully saturated rings. The Kier molecular flexibility index (Phi) is 5.53. The molecule has 0 aliphatic rings. The SMILES string of the molecule is CCNc1ncc(CN(CC(N)=O)CC(N)=O)s1. The molecule has 18 heavy (non-hydrogen) atoms. The summed E-state index contributed by atoms with van der Waals surface area (Å²) in [5, 5.41) is 3.90. The van der Waals surface area contributed by atoms with Crippen LogP contribution in [0.1, 0.15) is 11.8 Å². The summed E-state index contributed by atoms with van der Waals surface area (Å²) in [6.07, 6.45) is 1.71. The van der Waals surface area contributed by atoms with Crippen molar-refractivity contribution in [2.75, 3.05) is 25.0 Å². The molecular weight excluding hydrogens is 254 g/mol. The highest BCUT2D eigenvalue weighted by Crippen LogP contribution is 2.19. The predicted molar refractivity (Wildman–Crippen MR) is 69.9 cm³/mol. The molecule has 0 bridgehead atoms. The van der Waals surface area contributed by atoms with E-state index in [1.165, 1.54) is 11.3 Å². The number of aromatic nitrogens is 1. The van der Waals surface area contributed by atoms with Crippen LogP contribution >= 0.6 is 11.3 Å². The van der Waals surface area contributed by atoms with E-state index in [0.29, 0.717) is 6.54 Å². The molecule has 2 amide bonds. The van der Waals surface area contributed by atoms with Crippen molar-refractivity contribution in [3.8, 4) is 0 Å². The van der Waals surface area contributed by atoms with Crippen molar-refractivity contribution in [1.29, 1.82) is 0 Å². The van der Waals surface area contributed by atoms with E-state index in [-0.39, 0.29) is 13.1 Å². The van der Waals surface area contributed by atoms with Gasteiger partial charge in [0, 0.05) is 24.2 Å². The second kappa shape index (κ2) is 6.92. The molecule has 1 aromatic heterocycles. The summed E-state index contributed by atoms with van der Waals surface area (Å²) in [5.74, 6) is -0.986. The Morgan fingerprint density at radius 3 is 2.50 bits per heavy atom. The number of hydrogen-bond acceptors (Lipinski definition) is 6. The molecule has 1 aromatic rings. The van der Waals surface area contributed by atoms with E-state index in [9.17, 15) is 9.59 Å². The van der Waals surface area contributed by atoms with Gasteiger partial charge in [-0.25, -0.2) is 4.98 Å². The van der Waals surface area contributed by atoms with Crippen LogP contribution in [0.25, 0.3) is 0 Å². The van der Waals surface area contributed by atoms with E-state index in [4.69, 9.17) is 11.5 Å². The highest BCUT2D eigenvalue weighted by Gasteiger charge is 2.13. The van der Waals surface area contributed by atoms with Gasteiger partial charge in [-0.2, -0.15) is 0 Å². The molecule has 0 atom stereocenters. The number of carbonyl (C=O) groups is 2. The van der Waals surface area contributed by atoms with Crippen molar-refractivity contribution in [2.24, 2.45) is 11.5 Å². The normalized spacial score (nSPS) is 10.6. The van der Waals surface area contributed by atoms with Crippen LogP contribution in [0.5, 0.6) is 0 Å². The van der Waals surface area contributed by atoms with Gasteiger partial charge in [-0.05, 0) is 6.92 Å². The zero-order chi connectivity index (χ0) is 13.5. The molecule has 8 heteroatoms. The molecule has 0 unspecified atom stereocenters. The van der Waals surface area contributed by atoms with Crippen molar-refractivity contribution in [2.45, 2.75) is 13.5 Å². The topological polar surface area (TPSA) is 114 Å². The number of amides is 2. The predicted octanol–water partition coefficient (Wildman–Crippen LogP) is -0.652. The summed E-state index contributed by atoms with van der Waals surface area (Å²) in [4.78, 5) is 28.5. The third kappa shape index (κ3) is 5.11. The number of hydrogen-bond donors (Lipinski definition) is 3. The fraction of sp³-hybridized carbons (Fsp3) is 0.500. The van der Waals surface area contributed by atoms with Crippen molar-refractivity contribution in [3.05, 3.63) is 11.1 Å². The largest absolute Gasteiger partial charge is 0.369 e. The quantitative estimate of drug-likeness (QED) is 0.581. The highest BCUT2D eigenvalue weighted by atomic mass is 32.1. The van der Waals surface area contributed by atoms with Gasteiger partial charge in [-0.1, -0.05) is 0 Å². The lowest BCUT2D eigenvalue weighted by Crippen LogP contribution is -2.38. The molecule has 0 radical (unpaired) electrons. The zero-order valence-corrected chi connectivity index (χ0v) is 11.0. The number of primary amides is 2. The lowest BCUT2D eigenvalue weighted by molar-refractivity contribution is -0.122. The number of carbonyl (C=O) groups excluding carboxylic acids is 2. The second-order valence-electron chi connectivity index (χ2n) is 3.74. The molecule has 1 rings (SSSR count). The molecule has 5 N–H and O–H groups in total. The van der Waals surface area contributed by atoms with E-state index in [2.05, 4.69) is 10.3 Å². The van der Waals surface area contributed by atoms with Crippen LogP contribution < -0.4 is 16.8 Å². The fourth-order valence-corrected chi connectivity index (χ4v) is 2.37. The summed E-state index contributed by atoms with van der Waals surface area (Å²) < 4.78 is 0. The smallest absolute Gasteiger partial charge is 0.231 e. The molecule has 7 nitrogen and oxygen atoms in total. The molecule has 100 valence electrons. The lowest BCUT2D eigenvalue weighted by atomic mass is 10.4. The number of nitrogens with two attached hydrogens (primary N) is 2. The van der Waals surface area contributed by atoms with Gasteiger partial charge in [0.2, 0.25) is 11.8 Å². The van der Waals surface area contributed by atoms with E-state index in [0.717, 1.165) is 16.6 Å². The Bertz CT molecular complexity index is 404. The minimum absolute atomic E-state index is 0.00260. The Hall–Kier alpha value is -1.67. The standard InChI is InChI=1S/C10H17N5O2S/c1-2-13-10-14-3-7(18-10)4-15(5-8(11)16)6-9(12)17/h3H,2,4-6H2,1H3,(H2,11,16)(H2,12,17)(H,13,14). The number of nitrogens with one attached hydrogen (secondary N) is 1. The third-order valence-electron chi connectivity index (χ3n) is 2.02. The maximum absolute atomic E-state index is 10.9. The van der Waals surface area contributed by atoms with Crippen molar-refractivity contribution in [1.82, 2.24) is 9.88 Å². The van der Waals surface area contributed by atoms with Gasteiger partial charge in [-0.15, -0.1) is 11.3 Å². The van der Waals surface area contributed by atoms with Gasteiger partial charge in [0.25, 0.3) is 0 Å². The Morgan fingerprint density at radius 2 is 2.00 bits per heavy atom. The number of thiazole rings is 1. The highest BCUT2D eigenvalue weighted by molar-refractivity contribution is 7.15. The molecule has 1 heterocycles. The Labute approximate surface area is 109 Å². The summed E-state index contributed by atoms with van der Waals surface area (Å²) in [6.45, 7) is 3.19. The second-order valence-corrected chi connectivity index (χ2v) is 4.86. The minimum atomic E-state index is -0.493. The van der Waals surface area contributed by atoms with Crippen molar-refractivity contribution >= 4 is 28.3 Å². The summed E-state index contributed by atoms with van der Waals surface area (Å²) in [7, 11) is 0. The maximum Gasteiger partial charge on any atom is 0.231 e. The fourth-order valence-electron chi connectivity index (χ4n) is 1.44. The Morgan fingerprint density at radius 1 is 1.39 bits per heavy atom. The first-order valence-electron chi connectivity index (χ1n) is 5.48. The molecule has 0 aromatic carbocycles. The first-order chi connectivity index (χ1) is 8.51. The third-order valence-corrected chi connectivity index (χ3v) is 2.96. The summed E-state index contributed by atoms with van der Waals surface area (Å²) >= 11 is 1.47. The van der Waals surface area contributed by atoms with Crippen LogP contribution in [0.15, 0.2) is 6.20 Å². The Balaban J connectivity index is 2.62. The molecule has 0 saturated heterocycles. The molecule has 0 aliphatic heterocycles. The molecule has 0 saturated carbocycles. The monoisotopic (exact) mass is 271 g/mol. The van der Waals surface area contributed by atoms with E-state index in [1.54, 1.807) is 11.1 Å². The van der Waals surface area contributed by atoms with Gasteiger partial charge >= 0.3 is 0 Å².